The molecule has 1 unspecified atom stereocenters. The molecule has 0 bridgehead atoms. The van der Waals surface area contributed by atoms with E-state index in [1.165, 1.54) is 0 Å². The number of hydrogen-bond donors (Lipinski definition) is 1. The molecule has 0 fully saturated rings. The van der Waals surface area contributed by atoms with Gasteiger partial charge in [-0.25, -0.2) is 0 Å². The Morgan fingerprint density at radius 2 is 2.44 bits per heavy atom. The van der Waals surface area contributed by atoms with E-state index in [0.717, 1.165) is 0 Å². The van der Waals surface area contributed by atoms with E-state index < -0.39 is 6.10 Å². The summed E-state index contributed by atoms with van der Waals surface area (Å²) in [4.78, 5) is 9.84. The third-order valence-electron chi connectivity index (χ3n) is 0.955. The molecule has 3 nitrogen and oxygen atoms in total. The zero-order valence-electron chi connectivity index (χ0n) is 5.66. The molecule has 9 heavy (non-hydrogen) atoms. The molecule has 1 atom stereocenters. The average Bonchev–Trinajstić information content (AvgIpc) is 1.82. The number of aliphatic hydroxyl groups excluding tert-OH is 1. The number of nitrogens with zero attached hydrogens (tertiary/aromatic N) is 1. The van der Waals surface area contributed by atoms with Crippen molar-refractivity contribution in [1.29, 1.82) is 0 Å². The quantitative estimate of drug-likeness (QED) is 0.586. The van der Waals surface area contributed by atoms with E-state index in [1.54, 1.807) is 19.9 Å². The largest absolute Gasteiger partial charge is 0.393 e. The maximum absolute atomic E-state index is 9.84. The molecule has 0 aromatic carbocycles. The first-order chi connectivity index (χ1) is 4.20. The molecule has 0 saturated carbocycles. The Hall–Kier alpha value is -0.700. The van der Waals surface area contributed by atoms with Gasteiger partial charge in [0, 0.05) is 6.42 Å². The van der Waals surface area contributed by atoms with Crippen molar-refractivity contribution in [2.75, 3.05) is 0 Å². The normalized spacial score (nSPS) is 15.2. The molecule has 0 aromatic rings. The summed E-state index contributed by atoms with van der Waals surface area (Å²) in [6, 6.07) is 0. The van der Waals surface area contributed by atoms with Crippen LogP contribution in [0.2, 0.25) is 0 Å². The van der Waals surface area contributed by atoms with Crippen molar-refractivity contribution in [3.8, 4) is 0 Å². The standard InChI is InChI=1S/C6H11NO2/c1-3-6(7-9)4-5(2)8/h3,5,8H,4H2,1-2H3/b6-3+. The van der Waals surface area contributed by atoms with Crippen LogP contribution in [0.4, 0.5) is 0 Å². The lowest BCUT2D eigenvalue weighted by Crippen LogP contribution is -1.99. The zero-order chi connectivity index (χ0) is 7.28. The van der Waals surface area contributed by atoms with Gasteiger partial charge in [0.25, 0.3) is 0 Å². The minimum absolute atomic E-state index is 0.347. The van der Waals surface area contributed by atoms with Crippen molar-refractivity contribution in [3.05, 3.63) is 16.7 Å². The van der Waals surface area contributed by atoms with Gasteiger partial charge in [-0.3, -0.25) is 0 Å². The van der Waals surface area contributed by atoms with Crippen LogP contribution in [-0.4, -0.2) is 11.2 Å². The number of rotatable bonds is 3. The minimum atomic E-state index is -0.478. The van der Waals surface area contributed by atoms with Crippen molar-refractivity contribution in [3.63, 3.8) is 0 Å². The fourth-order valence-electron chi connectivity index (χ4n) is 0.510. The van der Waals surface area contributed by atoms with Gasteiger partial charge in [0.1, 0.15) is 0 Å². The average molecular weight is 129 g/mol. The summed E-state index contributed by atoms with van der Waals surface area (Å²) in [5.41, 5.74) is 0.407. The summed E-state index contributed by atoms with van der Waals surface area (Å²) in [5.74, 6) is 0. The summed E-state index contributed by atoms with van der Waals surface area (Å²) < 4.78 is 0. The number of hydrogen-bond acceptors (Lipinski definition) is 3. The fraction of sp³-hybridized carbons (Fsp3) is 0.667. The van der Waals surface area contributed by atoms with E-state index in [4.69, 9.17) is 5.11 Å². The van der Waals surface area contributed by atoms with Crippen LogP contribution in [0.25, 0.3) is 0 Å². The van der Waals surface area contributed by atoms with E-state index >= 15 is 0 Å². The number of aliphatic hydroxyl groups is 1. The minimum Gasteiger partial charge on any atom is -0.393 e. The highest BCUT2D eigenvalue weighted by atomic mass is 16.3. The summed E-state index contributed by atoms with van der Waals surface area (Å²) in [6.07, 6.45) is 1.47. The summed E-state index contributed by atoms with van der Waals surface area (Å²) in [6.45, 7) is 3.34. The lowest BCUT2D eigenvalue weighted by molar-refractivity contribution is 0.195. The number of allylic oxidation sites excluding steroid dienone is 1. The first-order valence-corrected chi connectivity index (χ1v) is 2.87. The van der Waals surface area contributed by atoms with Crippen LogP contribution in [0.15, 0.2) is 16.9 Å². The van der Waals surface area contributed by atoms with Crippen LogP contribution in [0, 0.1) is 4.91 Å². The molecule has 0 spiro atoms. The third kappa shape index (κ3) is 3.85. The second-order valence-corrected chi connectivity index (χ2v) is 1.92. The molecule has 0 saturated heterocycles. The molecule has 0 amide bonds. The van der Waals surface area contributed by atoms with E-state index in [1.807, 2.05) is 0 Å². The summed E-state index contributed by atoms with van der Waals surface area (Å²) in [5, 5.41) is 11.4. The van der Waals surface area contributed by atoms with Crippen LogP contribution >= 0.6 is 0 Å². The molecule has 0 radical (unpaired) electrons. The molecule has 0 aliphatic rings. The van der Waals surface area contributed by atoms with Gasteiger partial charge >= 0.3 is 0 Å². The summed E-state index contributed by atoms with van der Waals surface area (Å²) in [7, 11) is 0. The highest BCUT2D eigenvalue weighted by molar-refractivity contribution is 4.98. The molecule has 52 valence electrons. The molecule has 1 N–H and O–H groups in total. The lowest BCUT2D eigenvalue weighted by atomic mass is 10.2. The third-order valence-corrected chi connectivity index (χ3v) is 0.955. The van der Waals surface area contributed by atoms with Gasteiger partial charge in [-0.1, -0.05) is 6.08 Å². The Bertz CT molecular complexity index is 118. The van der Waals surface area contributed by atoms with Crippen LogP contribution in [0.5, 0.6) is 0 Å². The molecule has 0 heterocycles. The fourth-order valence-corrected chi connectivity index (χ4v) is 0.510. The monoisotopic (exact) mass is 129 g/mol. The molecular weight excluding hydrogens is 118 g/mol. The van der Waals surface area contributed by atoms with Gasteiger partial charge < -0.3 is 5.11 Å². The SMILES string of the molecule is C/C=C(\CC(C)O)N=O. The van der Waals surface area contributed by atoms with Crippen LogP contribution in [0.1, 0.15) is 20.3 Å². The van der Waals surface area contributed by atoms with Crippen molar-refractivity contribution in [2.24, 2.45) is 5.18 Å². The van der Waals surface area contributed by atoms with Gasteiger partial charge in [0.2, 0.25) is 0 Å². The molecule has 0 rings (SSSR count). The predicted octanol–water partition coefficient (Wildman–Crippen LogP) is 1.43. The van der Waals surface area contributed by atoms with E-state index in [-0.39, 0.29) is 0 Å². The zero-order valence-corrected chi connectivity index (χ0v) is 5.66. The first kappa shape index (κ1) is 8.30. The lowest BCUT2D eigenvalue weighted by Gasteiger charge is -1.98. The molecule has 3 heteroatoms. The van der Waals surface area contributed by atoms with E-state index in [0.29, 0.717) is 12.1 Å². The highest BCUT2D eigenvalue weighted by Gasteiger charge is 1.99. The van der Waals surface area contributed by atoms with Crippen LogP contribution in [0.3, 0.4) is 0 Å². The molecule has 0 aliphatic carbocycles. The van der Waals surface area contributed by atoms with Gasteiger partial charge in [-0.2, -0.15) is 0 Å². The topological polar surface area (TPSA) is 49.7 Å². The van der Waals surface area contributed by atoms with Crippen molar-refractivity contribution >= 4 is 0 Å². The number of nitroso groups, excluding NO2 is 1. The molecular formula is C6H11NO2. The van der Waals surface area contributed by atoms with Crippen LogP contribution in [-0.2, 0) is 0 Å². The molecule has 0 aromatic heterocycles. The second kappa shape index (κ2) is 4.21. The van der Waals surface area contributed by atoms with Crippen molar-refractivity contribution < 1.29 is 5.11 Å². The Labute approximate surface area is 54.4 Å². The molecule has 0 aliphatic heterocycles. The van der Waals surface area contributed by atoms with Gasteiger partial charge in [-0.05, 0) is 19.0 Å². The highest BCUT2D eigenvalue weighted by Crippen LogP contribution is 2.04. The maximum Gasteiger partial charge on any atom is 0.0832 e. The first-order valence-electron chi connectivity index (χ1n) is 2.87. The second-order valence-electron chi connectivity index (χ2n) is 1.92. The van der Waals surface area contributed by atoms with Crippen molar-refractivity contribution in [2.45, 2.75) is 26.4 Å². The van der Waals surface area contributed by atoms with E-state index in [2.05, 4.69) is 5.18 Å². The van der Waals surface area contributed by atoms with Crippen molar-refractivity contribution in [1.82, 2.24) is 0 Å². The maximum atomic E-state index is 9.84. The van der Waals surface area contributed by atoms with Gasteiger partial charge in [-0.15, -0.1) is 4.91 Å². The van der Waals surface area contributed by atoms with Gasteiger partial charge in [0.05, 0.1) is 11.8 Å². The van der Waals surface area contributed by atoms with E-state index in [9.17, 15) is 4.91 Å². The van der Waals surface area contributed by atoms with Gasteiger partial charge in [0.15, 0.2) is 0 Å². The summed E-state index contributed by atoms with van der Waals surface area (Å²) >= 11 is 0. The predicted molar refractivity (Wildman–Crippen MR) is 35.8 cm³/mol. The Morgan fingerprint density at radius 1 is 1.89 bits per heavy atom. The Morgan fingerprint density at radius 3 is 2.56 bits per heavy atom. The van der Waals surface area contributed by atoms with Crippen LogP contribution < -0.4 is 0 Å². The Kier molecular flexibility index (Phi) is 3.88. The smallest absolute Gasteiger partial charge is 0.0832 e. The Balaban J connectivity index is 3.71.